The van der Waals surface area contributed by atoms with E-state index in [-0.39, 0.29) is 0 Å². The SMILES string of the molecule is CC1CC1C(Br)Cc1ccncc1Cl. The van der Waals surface area contributed by atoms with Crippen LogP contribution in [0.25, 0.3) is 0 Å². The molecule has 0 aromatic carbocycles. The highest BCUT2D eigenvalue weighted by molar-refractivity contribution is 9.09. The Kier molecular flexibility index (Phi) is 3.13. The van der Waals surface area contributed by atoms with Crippen molar-refractivity contribution in [2.45, 2.75) is 24.6 Å². The van der Waals surface area contributed by atoms with Gasteiger partial charge < -0.3 is 0 Å². The van der Waals surface area contributed by atoms with Gasteiger partial charge in [0.2, 0.25) is 0 Å². The lowest BCUT2D eigenvalue weighted by Gasteiger charge is -2.09. The molecule has 1 aliphatic carbocycles. The van der Waals surface area contributed by atoms with Crippen molar-refractivity contribution in [3.63, 3.8) is 0 Å². The van der Waals surface area contributed by atoms with Crippen molar-refractivity contribution in [2.75, 3.05) is 0 Å². The largest absolute Gasteiger partial charge is 0.263 e. The van der Waals surface area contributed by atoms with Gasteiger partial charge in [0.25, 0.3) is 0 Å². The van der Waals surface area contributed by atoms with Crippen LogP contribution in [0.1, 0.15) is 18.9 Å². The van der Waals surface area contributed by atoms with E-state index in [1.165, 1.54) is 12.0 Å². The average molecular weight is 275 g/mol. The van der Waals surface area contributed by atoms with E-state index in [4.69, 9.17) is 11.6 Å². The standard InChI is InChI=1S/C11H13BrClN/c1-7-4-9(7)10(12)5-8-2-3-14-6-11(8)13/h2-3,6-7,9-10H,4-5H2,1H3. The van der Waals surface area contributed by atoms with Crippen LogP contribution in [0.5, 0.6) is 0 Å². The van der Waals surface area contributed by atoms with Gasteiger partial charge in [-0.15, -0.1) is 0 Å². The van der Waals surface area contributed by atoms with Crippen molar-refractivity contribution in [2.24, 2.45) is 11.8 Å². The zero-order valence-electron chi connectivity index (χ0n) is 8.08. The summed E-state index contributed by atoms with van der Waals surface area (Å²) in [6.07, 6.45) is 5.87. The molecule has 1 saturated carbocycles. The Balaban J connectivity index is 2.00. The molecule has 3 atom stereocenters. The van der Waals surface area contributed by atoms with Crippen LogP contribution in [0.3, 0.4) is 0 Å². The quantitative estimate of drug-likeness (QED) is 0.766. The molecule has 0 amide bonds. The molecule has 0 saturated heterocycles. The van der Waals surface area contributed by atoms with E-state index >= 15 is 0 Å². The van der Waals surface area contributed by atoms with E-state index in [0.717, 1.165) is 23.3 Å². The van der Waals surface area contributed by atoms with Gasteiger partial charge in [-0.25, -0.2) is 0 Å². The number of alkyl halides is 1. The van der Waals surface area contributed by atoms with Crippen LogP contribution >= 0.6 is 27.5 Å². The molecule has 3 heteroatoms. The highest BCUT2D eigenvalue weighted by atomic mass is 79.9. The molecule has 1 aliphatic rings. The number of rotatable bonds is 3. The van der Waals surface area contributed by atoms with E-state index in [2.05, 4.69) is 27.8 Å². The van der Waals surface area contributed by atoms with E-state index < -0.39 is 0 Å². The molecule has 76 valence electrons. The Labute approximate surface area is 98.0 Å². The average Bonchev–Trinajstić information content (AvgIpc) is 2.87. The first-order valence-corrected chi connectivity index (χ1v) is 6.20. The highest BCUT2D eigenvalue weighted by Crippen LogP contribution is 2.44. The molecule has 2 rings (SSSR count). The van der Waals surface area contributed by atoms with Crippen LogP contribution < -0.4 is 0 Å². The summed E-state index contributed by atoms with van der Waals surface area (Å²) in [5.41, 5.74) is 1.20. The lowest BCUT2D eigenvalue weighted by molar-refractivity contribution is 0.701. The molecule has 1 aromatic heterocycles. The van der Waals surface area contributed by atoms with Gasteiger partial charge in [-0.3, -0.25) is 4.98 Å². The lowest BCUT2D eigenvalue weighted by Crippen LogP contribution is -2.06. The molecule has 0 radical (unpaired) electrons. The van der Waals surface area contributed by atoms with Gasteiger partial charge in [0.15, 0.2) is 0 Å². The Morgan fingerprint density at radius 1 is 1.71 bits per heavy atom. The Morgan fingerprint density at radius 2 is 2.43 bits per heavy atom. The summed E-state index contributed by atoms with van der Waals surface area (Å²) in [5.74, 6) is 1.71. The maximum atomic E-state index is 6.05. The van der Waals surface area contributed by atoms with E-state index in [0.29, 0.717) is 4.83 Å². The molecule has 1 aromatic rings. The van der Waals surface area contributed by atoms with Crippen molar-refractivity contribution >= 4 is 27.5 Å². The van der Waals surface area contributed by atoms with Crippen molar-refractivity contribution in [1.82, 2.24) is 4.98 Å². The zero-order chi connectivity index (χ0) is 10.1. The fourth-order valence-corrected chi connectivity index (χ4v) is 3.07. The Bertz CT molecular complexity index is 329. The molecule has 14 heavy (non-hydrogen) atoms. The monoisotopic (exact) mass is 273 g/mol. The predicted octanol–water partition coefficient (Wildman–Crippen LogP) is 3.70. The minimum Gasteiger partial charge on any atom is -0.263 e. The fraction of sp³-hybridized carbons (Fsp3) is 0.545. The first-order valence-electron chi connectivity index (χ1n) is 4.91. The predicted molar refractivity (Wildman–Crippen MR) is 62.9 cm³/mol. The molecule has 0 aliphatic heterocycles. The third kappa shape index (κ3) is 2.29. The highest BCUT2D eigenvalue weighted by Gasteiger charge is 2.38. The summed E-state index contributed by atoms with van der Waals surface area (Å²) < 4.78 is 0. The Hall–Kier alpha value is -0.0800. The molecular weight excluding hydrogens is 261 g/mol. The van der Waals surface area contributed by atoms with Crippen LogP contribution in [-0.4, -0.2) is 9.81 Å². The molecular formula is C11H13BrClN. The Morgan fingerprint density at radius 3 is 3.00 bits per heavy atom. The molecule has 3 unspecified atom stereocenters. The maximum absolute atomic E-state index is 6.05. The minimum atomic E-state index is 0.567. The van der Waals surface area contributed by atoms with Gasteiger partial charge in [0.05, 0.1) is 5.02 Å². The van der Waals surface area contributed by atoms with Gasteiger partial charge >= 0.3 is 0 Å². The van der Waals surface area contributed by atoms with Gasteiger partial charge in [0, 0.05) is 17.2 Å². The van der Waals surface area contributed by atoms with Gasteiger partial charge in [0.1, 0.15) is 0 Å². The number of nitrogens with zero attached hydrogens (tertiary/aromatic N) is 1. The molecule has 0 spiro atoms. The van der Waals surface area contributed by atoms with Crippen LogP contribution in [0, 0.1) is 11.8 Å². The topological polar surface area (TPSA) is 12.9 Å². The lowest BCUT2D eigenvalue weighted by atomic mass is 10.1. The summed E-state index contributed by atoms with van der Waals surface area (Å²) in [6.45, 7) is 2.30. The van der Waals surface area contributed by atoms with E-state index in [1.807, 2.05) is 6.07 Å². The second-order valence-corrected chi connectivity index (χ2v) is 5.65. The zero-order valence-corrected chi connectivity index (χ0v) is 10.4. The molecule has 1 fully saturated rings. The number of halogens is 2. The van der Waals surface area contributed by atoms with E-state index in [1.54, 1.807) is 12.4 Å². The number of hydrogen-bond acceptors (Lipinski definition) is 1. The third-order valence-corrected chi connectivity index (χ3v) is 4.25. The van der Waals surface area contributed by atoms with Crippen molar-refractivity contribution < 1.29 is 0 Å². The number of pyridine rings is 1. The smallest absolute Gasteiger partial charge is 0.0621 e. The number of hydrogen-bond donors (Lipinski definition) is 0. The summed E-state index contributed by atoms with van der Waals surface area (Å²) in [4.78, 5) is 4.55. The molecule has 1 nitrogen and oxygen atoms in total. The van der Waals surface area contributed by atoms with Gasteiger partial charge in [-0.2, -0.15) is 0 Å². The van der Waals surface area contributed by atoms with E-state index in [9.17, 15) is 0 Å². The number of aromatic nitrogens is 1. The normalized spacial score (nSPS) is 27.4. The molecule has 1 heterocycles. The summed E-state index contributed by atoms with van der Waals surface area (Å²) in [7, 11) is 0. The maximum Gasteiger partial charge on any atom is 0.0621 e. The fourth-order valence-electron chi connectivity index (χ4n) is 1.79. The molecule has 0 N–H and O–H groups in total. The van der Waals surface area contributed by atoms with Gasteiger partial charge in [-0.05, 0) is 36.3 Å². The van der Waals surface area contributed by atoms with Crippen LogP contribution in [-0.2, 0) is 6.42 Å². The van der Waals surface area contributed by atoms with Crippen LogP contribution in [0.4, 0.5) is 0 Å². The minimum absolute atomic E-state index is 0.567. The van der Waals surface area contributed by atoms with Crippen molar-refractivity contribution in [1.29, 1.82) is 0 Å². The summed E-state index contributed by atoms with van der Waals surface area (Å²) in [6, 6.07) is 2.00. The summed E-state index contributed by atoms with van der Waals surface area (Å²) in [5, 5.41) is 0.783. The second-order valence-electron chi connectivity index (χ2n) is 4.06. The molecule has 0 bridgehead atoms. The van der Waals surface area contributed by atoms with Gasteiger partial charge in [-0.1, -0.05) is 34.5 Å². The van der Waals surface area contributed by atoms with Crippen LogP contribution in [0.15, 0.2) is 18.5 Å². The first kappa shape index (κ1) is 10.4. The van der Waals surface area contributed by atoms with Crippen LogP contribution in [0.2, 0.25) is 5.02 Å². The first-order chi connectivity index (χ1) is 6.68. The second kappa shape index (κ2) is 4.19. The van der Waals surface area contributed by atoms with Crippen molar-refractivity contribution in [3.05, 3.63) is 29.0 Å². The summed E-state index contributed by atoms with van der Waals surface area (Å²) >= 11 is 9.78. The third-order valence-electron chi connectivity index (χ3n) is 2.91. The van der Waals surface area contributed by atoms with Crippen molar-refractivity contribution in [3.8, 4) is 0 Å².